The lowest BCUT2D eigenvalue weighted by atomic mass is 9.87. The SMILES string of the molecule is CC(OC(=O)Nc1nn(-c2ccc(N3CCCCC3C3(C(=O)O)CC3)nc2)cc1C#N)c1ccccc1. The Bertz CT molecular complexity index is 1330. The second-order valence-corrected chi connectivity index (χ2v) is 9.57. The first kappa shape index (κ1) is 24.3. The summed E-state index contributed by atoms with van der Waals surface area (Å²) in [4.78, 5) is 31.1. The van der Waals surface area contributed by atoms with Crippen molar-refractivity contribution < 1.29 is 19.4 Å². The predicted molar refractivity (Wildman–Crippen MR) is 135 cm³/mol. The van der Waals surface area contributed by atoms with E-state index in [1.165, 1.54) is 10.9 Å². The molecule has 2 unspecified atom stereocenters. The summed E-state index contributed by atoms with van der Waals surface area (Å²) in [5.74, 6) is 0.0915. The van der Waals surface area contributed by atoms with E-state index in [2.05, 4.69) is 20.3 Å². The minimum Gasteiger partial charge on any atom is -0.481 e. The molecule has 190 valence electrons. The number of piperidine rings is 1. The molecule has 1 saturated heterocycles. The van der Waals surface area contributed by atoms with Gasteiger partial charge in [0.2, 0.25) is 0 Å². The molecule has 10 nitrogen and oxygen atoms in total. The molecule has 0 bridgehead atoms. The van der Waals surface area contributed by atoms with Crippen molar-refractivity contribution in [1.29, 1.82) is 5.26 Å². The number of hydrogen-bond donors (Lipinski definition) is 2. The number of nitrogens with one attached hydrogen (secondary N) is 1. The molecule has 2 atom stereocenters. The molecule has 1 aromatic carbocycles. The van der Waals surface area contributed by atoms with Gasteiger partial charge in [-0.25, -0.2) is 14.5 Å². The van der Waals surface area contributed by atoms with Crippen LogP contribution in [0.15, 0.2) is 54.9 Å². The largest absolute Gasteiger partial charge is 0.481 e. The highest BCUT2D eigenvalue weighted by atomic mass is 16.6. The van der Waals surface area contributed by atoms with Gasteiger partial charge in [0.15, 0.2) is 5.82 Å². The molecule has 1 aliphatic heterocycles. The van der Waals surface area contributed by atoms with Gasteiger partial charge >= 0.3 is 12.1 Å². The number of carboxylic acid groups (broad SMARTS) is 1. The number of benzene rings is 1. The van der Waals surface area contributed by atoms with Gasteiger partial charge in [-0.3, -0.25) is 10.1 Å². The smallest absolute Gasteiger partial charge is 0.413 e. The monoisotopic (exact) mass is 500 g/mol. The van der Waals surface area contributed by atoms with Gasteiger partial charge in [-0.1, -0.05) is 30.3 Å². The van der Waals surface area contributed by atoms with Crippen LogP contribution in [-0.2, 0) is 9.53 Å². The lowest BCUT2D eigenvalue weighted by Gasteiger charge is -2.40. The number of aromatic nitrogens is 3. The number of carboxylic acids is 1. The molecule has 1 aliphatic carbocycles. The Morgan fingerprint density at radius 3 is 2.65 bits per heavy atom. The van der Waals surface area contributed by atoms with Crippen LogP contribution in [0.5, 0.6) is 0 Å². The van der Waals surface area contributed by atoms with Crippen LogP contribution >= 0.6 is 0 Å². The summed E-state index contributed by atoms with van der Waals surface area (Å²) in [6, 6.07) is 15.0. The summed E-state index contributed by atoms with van der Waals surface area (Å²) in [6.45, 7) is 2.53. The molecular formula is C27H28N6O4. The maximum Gasteiger partial charge on any atom is 0.413 e. The molecule has 0 radical (unpaired) electrons. The molecule has 1 amide bonds. The van der Waals surface area contributed by atoms with Gasteiger partial charge in [-0.2, -0.15) is 5.26 Å². The van der Waals surface area contributed by atoms with E-state index < -0.39 is 23.6 Å². The standard InChI is InChI=1S/C27H28N6O4/c1-18(19-7-3-2-4-8-19)37-26(36)30-24-20(15-28)17-33(31-24)21-10-11-23(29-16-21)32-14-6-5-9-22(32)27(12-13-27)25(34)35/h2-4,7-8,10-11,16-18,22H,5-6,9,12-14H2,1H3,(H,34,35)(H,30,31,36). The molecule has 2 aliphatic rings. The van der Waals surface area contributed by atoms with Gasteiger partial charge in [-0.15, -0.1) is 5.10 Å². The Hall–Kier alpha value is -4.39. The number of carbonyl (C=O) groups is 2. The van der Waals surface area contributed by atoms with E-state index in [0.29, 0.717) is 18.5 Å². The van der Waals surface area contributed by atoms with Gasteiger partial charge < -0.3 is 14.7 Å². The molecule has 2 fully saturated rings. The van der Waals surface area contributed by atoms with E-state index in [-0.39, 0.29) is 17.4 Å². The van der Waals surface area contributed by atoms with Crippen LogP contribution in [0.3, 0.4) is 0 Å². The average Bonchev–Trinajstić information content (AvgIpc) is 3.64. The fourth-order valence-corrected chi connectivity index (χ4v) is 5.05. The van der Waals surface area contributed by atoms with Gasteiger partial charge in [0, 0.05) is 12.6 Å². The van der Waals surface area contributed by atoms with E-state index >= 15 is 0 Å². The minimum atomic E-state index is -0.724. The van der Waals surface area contributed by atoms with Crippen molar-refractivity contribution in [3.05, 3.63) is 66.0 Å². The predicted octanol–water partition coefficient (Wildman–Crippen LogP) is 4.67. The molecule has 3 heterocycles. The first-order valence-corrected chi connectivity index (χ1v) is 12.4. The van der Waals surface area contributed by atoms with Crippen LogP contribution in [0, 0.1) is 16.7 Å². The van der Waals surface area contributed by atoms with Crippen LogP contribution in [0.4, 0.5) is 16.4 Å². The second-order valence-electron chi connectivity index (χ2n) is 9.57. The van der Waals surface area contributed by atoms with Crippen LogP contribution in [-0.4, -0.2) is 44.5 Å². The van der Waals surface area contributed by atoms with Crippen molar-refractivity contribution >= 4 is 23.7 Å². The van der Waals surface area contributed by atoms with Gasteiger partial charge in [0.05, 0.1) is 23.5 Å². The highest BCUT2D eigenvalue weighted by Crippen LogP contribution is 2.53. The number of amides is 1. The fourth-order valence-electron chi connectivity index (χ4n) is 5.05. The number of nitriles is 1. The summed E-state index contributed by atoms with van der Waals surface area (Å²) < 4.78 is 6.90. The molecule has 2 N–H and O–H groups in total. The number of ether oxygens (including phenoxy) is 1. The van der Waals surface area contributed by atoms with Gasteiger partial charge in [0.1, 0.15) is 23.6 Å². The number of anilines is 2. The summed E-state index contributed by atoms with van der Waals surface area (Å²) in [7, 11) is 0. The normalized spacial score (nSPS) is 18.9. The molecule has 3 aromatic rings. The molecular weight excluding hydrogens is 472 g/mol. The van der Waals surface area contributed by atoms with Crippen molar-refractivity contribution in [2.75, 3.05) is 16.8 Å². The summed E-state index contributed by atoms with van der Waals surface area (Å²) >= 11 is 0. The number of nitrogens with zero attached hydrogens (tertiary/aromatic N) is 5. The highest BCUT2D eigenvalue weighted by molar-refractivity contribution is 5.85. The zero-order chi connectivity index (χ0) is 26.0. The summed E-state index contributed by atoms with van der Waals surface area (Å²) in [6.07, 6.45) is 6.22. The van der Waals surface area contributed by atoms with Crippen molar-refractivity contribution in [2.45, 2.75) is 51.2 Å². The van der Waals surface area contributed by atoms with E-state index in [4.69, 9.17) is 4.74 Å². The quantitative estimate of drug-likeness (QED) is 0.478. The molecule has 2 aromatic heterocycles. The van der Waals surface area contributed by atoms with E-state index in [0.717, 1.165) is 37.2 Å². The topological polar surface area (TPSA) is 133 Å². The van der Waals surface area contributed by atoms with Crippen molar-refractivity contribution in [3.63, 3.8) is 0 Å². The van der Waals surface area contributed by atoms with Gasteiger partial charge in [0.25, 0.3) is 0 Å². The van der Waals surface area contributed by atoms with E-state index in [1.807, 2.05) is 48.5 Å². The van der Waals surface area contributed by atoms with E-state index in [1.54, 1.807) is 13.1 Å². The Kier molecular flexibility index (Phi) is 6.53. The highest BCUT2D eigenvalue weighted by Gasteiger charge is 2.58. The molecule has 5 rings (SSSR count). The third-order valence-corrected chi connectivity index (χ3v) is 7.25. The maximum absolute atomic E-state index is 12.4. The van der Waals surface area contributed by atoms with Crippen molar-refractivity contribution in [3.8, 4) is 11.8 Å². The summed E-state index contributed by atoms with van der Waals surface area (Å²) in [5.41, 5.74) is 0.966. The molecule has 37 heavy (non-hydrogen) atoms. The number of rotatable bonds is 7. The maximum atomic E-state index is 12.4. The third kappa shape index (κ3) is 4.85. The van der Waals surface area contributed by atoms with Crippen LogP contribution < -0.4 is 10.2 Å². The lowest BCUT2D eigenvalue weighted by molar-refractivity contribution is -0.144. The second kappa shape index (κ2) is 9.93. The fraction of sp³-hybridized carbons (Fsp3) is 0.370. The lowest BCUT2D eigenvalue weighted by Crippen LogP contribution is -2.48. The molecule has 10 heteroatoms. The van der Waals surface area contributed by atoms with Crippen molar-refractivity contribution in [2.24, 2.45) is 5.41 Å². The number of carbonyl (C=O) groups excluding carboxylic acids is 1. The van der Waals surface area contributed by atoms with Crippen LogP contribution in [0.1, 0.15) is 56.3 Å². The van der Waals surface area contributed by atoms with Crippen LogP contribution in [0.25, 0.3) is 5.69 Å². The Labute approximate surface area is 214 Å². The third-order valence-electron chi connectivity index (χ3n) is 7.25. The zero-order valence-electron chi connectivity index (χ0n) is 20.5. The first-order valence-electron chi connectivity index (χ1n) is 12.4. The minimum absolute atomic E-state index is 0.0629. The van der Waals surface area contributed by atoms with E-state index in [9.17, 15) is 20.0 Å². The molecule has 1 saturated carbocycles. The first-order chi connectivity index (χ1) is 17.9. The Balaban J connectivity index is 1.30. The molecule has 0 spiro atoms. The average molecular weight is 501 g/mol. The van der Waals surface area contributed by atoms with Crippen molar-refractivity contribution in [1.82, 2.24) is 14.8 Å². The zero-order valence-corrected chi connectivity index (χ0v) is 20.5. The van der Waals surface area contributed by atoms with Crippen LogP contribution in [0.2, 0.25) is 0 Å². The Morgan fingerprint density at radius 1 is 1.22 bits per heavy atom. The summed E-state index contributed by atoms with van der Waals surface area (Å²) in [5, 5.41) is 26.3. The Morgan fingerprint density at radius 2 is 2.00 bits per heavy atom. The number of aliphatic carboxylic acids is 1. The number of pyridine rings is 1. The number of hydrogen-bond acceptors (Lipinski definition) is 7. The van der Waals surface area contributed by atoms with Gasteiger partial charge in [-0.05, 0) is 56.7 Å².